The number of aryl methyl sites for hydroxylation is 1. The van der Waals surface area contributed by atoms with Crippen LogP contribution in [-0.4, -0.2) is 76.0 Å². The van der Waals surface area contributed by atoms with Crippen LogP contribution >= 0.6 is 0 Å². The summed E-state index contributed by atoms with van der Waals surface area (Å²) in [4.78, 5) is 63.0. The molecule has 0 spiro atoms. The Hall–Kier alpha value is -4.08. The highest BCUT2D eigenvalue weighted by molar-refractivity contribution is 5.93. The summed E-state index contributed by atoms with van der Waals surface area (Å²) in [5.41, 5.74) is 3.11. The van der Waals surface area contributed by atoms with E-state index in [0.717, 1.165) is 27.7 Å². The molecule has 10 nitrogen and oxygen atoms in total. The van der Waals surface area contributed by atoms with Crippen LogP contribution in [0.1, 0.15) is 76.5 Å². The van der Waals surface area contributed by atoms with E-state index >= 15 is 0 Å². The van der Waals surface area contributed by atoms with E-state index in [1.165, 1.54) is 0 Å². The molecule has 0 unspecified atom stereocenters. The lowest BCUT2D eigenvalue weighted by atomic mass is 9.67. The minimum atomic E-state index is -0.912. The maximum absolute atomic E-state index is 14.6. The third-order valence-electron chi connectivity index (χ3n) is 9.70. The van der Waals surface area contributed by atoms with Crippen molar-refractivity contribution in [3.05, 3.63) is 59.2 Å². The number of aromatic amines is 1. The molecular weight excluding hydrogens is 570 g/mol. The van der Waals surface area contributed by atoms with Crippen LogP contribution in [0, 0.1) is 11.8 Å². The maximum atomic E-state index is 14.6. The molecule has 2 aliphatic rings. The number of H-pyrrole nitrogens is 1. The number of piperidine rings is 1. The van der Waals surface area contributed by atoms with Gasteiger partial charge in [0.05, 0.1) is 24.3 Å². The minimum absolute atomic E-state index is 0.00427. The number of hydrogen-bond acceptors (Lipinski definition) is 5. The van der Waals surface area contributed by atoms with Crippen LogP contribution in [0.5, 0.6) is 0 Å². The number of fused-ring (bicyclic) bond motifs is 5. The predicted octanol–water partition coefficient (Wildman–Crippen LogP) is 4.37. The first-order valence-electron chi connectivity index (χ1n) is 16.1. The molecule has 4 heterocycles. The third kappa shape index (κ3) is 6.11. The second-order valence-electron chi connectivity index (χ2n) is 13.5. The quantitative estimate of drug-likeness (QED) is 0.350. The molecule has 1 aromatic carbocycles. The molecule has 3 aromatic rings. The zero-order valence-corrected chi connectivity index (χ0v) is 27.6. The lowest BCUT2D eigenvalue weighted by molar-refractivity contribution is -0.166. The summed E-state index contributed by atoms with van der Waals surface area (Å²) in [6.07, 6.45) is 3.54. The van der Waals surface area contributed by atoms with Crippen LogP contribution in [-0.2, 0) is 44.1 Å². The third-order valence-corrected chi connectivity index (χ3v) is 9.70. The Morgan fingerprint density at radius 3 is 2.51 bits per heavy atom. The van der Waals surface area contributed by atoms with E-state index in [4.69, 9.17) is 4.42 Å². The molecular formula is C35H47N5O5. The smallest absolute Gasteiger partial charge is 0.228 e. The number of rotatable bonds is 10. The van der Waals surface area contributed by atoms with Crippen molar-refractivity contribution in [2.45, 2.75) is 90.9 Å². The van der Waals surface area contributed by atoms with Gasteiger partial charge in [-0.3, -0.25) is 19.2 Å². The number of carbonyl (C=O) groups excluding carboxylic acids is 4. The number of aromatic nitrogens is 1. The summed E-state index contributed by atoms with van der Waals surface area (Å²) in [5, 5.41) is 3.95. The molecule has 2 aromatic heterocycles. The summed E-state index contributed by atoms with van der Waals surface area (Å²) in [6.45, 7) is 10.8. The molecule has 45 heavy (non-hydrogen) atoms. The first-order valence-corrected chi connectivity index (χ1v) is 16.1. The number of hydrogen-bond donors (Lipinski definition) is 2. The Labute approximate surface area is 265 Å². The molecule has 10 heteroatoms. The molecule has 0 saturated carbocycles. The van der Waals surface area contributed by atoms with Gasteiger partial charge in [-0.05, 0) is 83.2 Å². The van der Waals surface area contributed by atoms with E-state index < -0.39 is 17.4 Å². The fourth-order valence-electron chi connectivity index (χ4n) is 7.44. The van der Waals surface area contributed by atoms with E-state index in [9.17, 15) is 19.2 Å². The molecule has 3 atom stereocenters. The summed E-state index contributed by atoms with van der Waals surface area (Å²) < 4.78 is 5.34. The predicted molar refractivity (Wildman–Crippen MR) is 172 cm³/mol. The number of amides is 4. The second kappa shape index (κ2) is 12.7. The average molecular weight is 618 g/mol. The molecule has 1 fully saturated rings. The maximum Gasteiger partial charge on any atom is 0.228 e. The van der Waals surface area contributed by atoms with Gasteiger partial charge >= 0.3 is 0 Å². The average Bonchev–Trinajstić information content (AvgIpc) is 3.64. The molecule has 4 amide bonds. The highest BCUT2D eigenvalue weighted by Crippen LogP contribution is 2.50. The van der Waals surface area contributed by atoms with E-state index in [-0.39, 0.29) is 55.1 Å². The van der Waals surface area contributed by atoms with Gasteiger partial charge in [-0.25, -0.2) is 0 Å². The van der Waals surface area contributed by atoms with Gasteiger partial charge in [-0.15, -0.1) is 0 Å². The molecule has 242 valence electrons. The van der Waals surface area contributed by atoms with Crippen molar-refractivity contribution >= 4 is 34.5 Å². The zero-order valence-electron chi connectivity index (χ0n) is 27.6. The molecule has 0 aliphatic carbocycles. The van der Waals surface area contributed by atoms with Gasteiger partial charge in [-0.2, -0.15) is 0 Å². The van der Waals surface area contributed by atoms with Crippen molar-refractivity contribution < 1.29 is 23.6 Å². The van der Waals surface area contributed by atoms with Gasteiger partial charge in [-0.1, -0.05) is 12.1 Å². The molecule has 2 aliphatic heterocycles. The first-order chi connectivity index (χ1) is 21.3. The van der Waals surface area contributed by atoms with Gasteiger partial charge in [0.25, 0.3) is 0 Å². The molecule has 1 saturated heterocycles. The Balaban J connectivity index is 1.50. The Morgan fingerprint density at radius 1 is 1.13 bits per heavy atom. The van der Waals surface area contributed by atoms with Crippen molar-refractivity contribution in [2.24, 2.45) is 11.8 Å². The summed E-state index contributed by atoms with van der Waals surface area (Å²) in [7, 11) is 3.52. The lowest BCUT2D eigenvalue weighted by Gasteiger charge is -2.54. The van der Waals surface area contributed by atoms with Crippen molar-refractivity contribution in [3.8, 4) is 0 Å². The van der Waals surface area contributed by atoms with E-state index in [1.54, 1.807) is 37.4 Å². The van der Waals surface area contributed by atoms with Crippen LogP contribution in [0.25, 0.3) is 10.9 Å². The fourth-order valence-corrected chi connectivity index (χ4v) is 7.44. The van der Waals surface area contributed by atoms with Crippen molar-refractivity contribution in [2.75, 3.05) is 20.6 Å². The van der Waals surface area contributed by atoms with Gasteiger partial charge in [0.2, 0.25) is 23.6 Å². The van der Waals surface area contributed by atoms with E-state index in [2.05, 4.69) is 28.5 Å². The zero-order chi connectivity index (χ0) is 32.6. The SMILES string of the molecule is CC(C)N(C(=O)[C@H]1C[C@H](CC(=O)NCc2ccco2)C(=O)N2CCc3c([nH]c4cc(CCC(=O)N(C)C)ccc34)[C@]12C)C(C)C. The molecule has 2 N–H and O–H groups in total. The van der Waals surface area contributed by atoms with E-state index in [1.807, 2.05) is 44.4 Å². The molecule has 0 bridgehead atoms. The highest BCUT2D eigenvalue weighted by Gasteiger charge is 2.57. The summed E-state index contributed by atoms with van der Waals surface area (Å²) in [6, 6.07) is 9.75. The normalized spacial score (nSPS) is 21.2. The van der Waals surface area contributed by atoms with Crippen LogP contribution in [0.15, 0.2) is 41.0 Å². The number of benzene rings is 1. The number of furan rings is 1. The summed E-state index contributed by atoms with van der Waals surface area (Å²) >= 11 is 0. The minimum Gasteiger partial charge on any atom is -0.467 e. The fraction of sp³-hybridized carbons (Fsp3) is 0.543. The van der Waals surface area contributed by atoms with Crippen molar-refractivity contribution in [1.82, 2.24) is 25.0 Å². The van der Waals surface area contributed by atoms with E-state index in [0.29, 0.717) is 31.6 Å². The largest absolute Gasteiger partial charge is 0.467 e. The monoisotopic (exact) mass is 617 g/mol. The van der Waals surface area contributed by atoms with Crippen molar-refractivity contribution in [1.29, 1.82) is 0 Å². The first kappa shape index (κ1) is 32.3. The standard InChI is InChI=1S/C35H47N5O5/c1-21(2)40(22(3)4)34(44)28-18-24(19-30(41)36-20-25-9-8-16-45-25)33(43)39-15-14-27-26-12-10-23(11-13-31(42)38(6)7)17-29(26)37-32(27)35(28,39)5/h8-10,12,16-17,21-22,24,28,37H,11,13-15,18-20H2,1-7H3,(H,36,41)/t24-,28-,35+/m1/s1. The Kier molecular flexibility index (Phi) is 9.14. The Bertz CT molecular complexity index is 1560. The van der Waals surface area contributed by atoms with Crippen LogP contribution in [0.4, 0.5) is 0 Å². The van der Waals surface area contributed by atoms with Crippen molar-refractivity contribution in [3.63, 3.8) is 0 Å². The Morgan fingerprint density at radius 2 is 1.87 bits per heavy atom. The van der Waals surface area contributed by atoms with Gasteiger partial charge in [0, 0.05) is 68.1 Å². The van der Waals surface area contributed by atoms with Crippen LogP contribution in [0.3, 0.4) is 0 Å². The number of nitrogens with zero attached hydrogens (tertiary/aromatic N) is 3. The molecule has 5 rings (SSSR count). The van der Waals surface area contributed by atoms with Crippen LogP contribution < -0.4 is 5.32 Å². The van der Waals surface area contributed by atoms with Gasteiger partial charge in [0.1, 0.15) is 5.76 Å². The highest BCUT2D eigenvalue weighted by atomic mass is 16.3. The second-order valence-corrected chi connectivity index (χ2v) is 13.5. The number of carbonyl (C=O) groups is 4. The van der Waals surface area contributed by atoms with Gasteiger partial charge < -0.3 is 29.4 Å². The van der Waals surface area contributed by atoms with Crippen LogP contribution in [0.2, 0.25) is 0 Å². The summed E-state index contributed by atoms with van der Waals surface area (Å²) in [5.74, 6) is -0.789. The lowest BCUT2D eigenvalue weighted by Crippen LogP contribution is -2.65. The topological polar surface area (TPSA) is 119 Å². The molecule has 0 radical (unpaired) electrons. The van der Waals surface area contributed by atoms with Gasteiger partial charge in [0.15, 0.2) is 0 Å². The number of nitrogens with one attached hydrogen (secondary N) is 2.